The number of aromatic amines is 1. The van der Waals surface area contributed by atoms with Gasteiger partial charge in [-0.25, -0.2) is 0 Å². The summed E-state index contributed by atoms with van der Waals surface area (Å²) in [7, 11) is 1.69. The van der Waals surface area contributed by atoms with Gasteiger partial charge in [-0.2, -0.15) is 5.10 Å². The second kappa shape index (κ2) is 7.49. The molecule has 0 spiro atoms. The Morgan fingerprint density at radius 3 is 3.17 bits per heavy atom. The van der Waals surface area contributed by atoms with Gasteiger partial charge >= 0.3 is 0 Å². The van der Waals surface area contributed by atoms with Crippen LogP contribution in [0.3, 0.4) is 0 Å². The van der Waals surface area contributed by atoms with Crippen molar-refractivity contribution in [3.63, 3.8) is 0 Å². The van der Waals surface area contributed by atoms with Crippen molar-refractivity contribution in [1.29, 1.82) is 0 Å². The first-order valence-corrected chi connectivity index (χ1v) is 8.32. The maximum absolute atomic E-state index is 11.3. The number of nitrogens with zero attached hydrogens (tertiary/aromatic N) is 2. The van der Waals surface area contributed by atoms with Gasteiger partial charge in [-0.1, -0.05) is 12.1 Å². The summed E-state index contributed by atoms with van der Waals surface area (Å²) in [6, 6.07) is 8.21. The van der Waals surface area contributed by atoms with Crippen molar-refractivity contribution < 1.29 is 9.53 Å². The monoisotopic (exact) mass is 328 g/mol. The summed E-state index contributed by atoms with van der Waals surface area (Å²) in [6.45, 7) is 4.45. The molecular formula is C18H24N4O2. The predicted molar refractivity (Wildman–Crippen MR) is 93.1 cm³/mol. The van der Waals surface area contributed by atoms with Crippen molar-refractivity contribution in [1.82, 2.24) is 15.1 Å². The number of carbonyl (C=O) groups is 1. The zero-order chi connectivity index (χ0) is 16.9. The molecule has 1 aliphatic heterocycles. The molecule has 1 atom stereocenters. The Balaban J connectivity index is 1.68. The third-order valence-corrected chi connectivity index (χ3v) is 4.43. The van der Waals surface area contributed by atoms with Gasteiger partial charge in [0, 0.05) is 25.9 Å². The van der Waals surface area contributed by atoms with Crippen LogP contribution in [0.2, 0.25) is 0 Å². The topological polar surface area (TPSA) is 70.2 Å². The molecule has 3 rings (SSSR count). The standard InChI is InChI=1S/C18H24N4O2/c1-13(23)20-17-10-19-21-18(17)15-6-4-8-22(12-15)11-14-5-3-7-16(9-14)24-2/h3,5,7,9-10,15H,4,6,8,11-12H2,1-2H3,(H,19,21)(H,20,23)/t15-/m1/s1. The smallest absolute Gasteiger partial charge is 0.221 e. The number of rotatable bonds is 5. The van der Waals surface area contributed by atoms with Gasteiger partial charge in [0.25, 0.3) is 0 Å². The second-order valence-electron chi connectivity index (χ2n) is 6.30. The number of benzene rings is 1. The van der Waals surface area contributed by atoms with Gasteiger partial charge in [0.15, 0.2) is 0 Å². The highest BCUT2D eigenvalue weighted by molar-refractivity contribution is 5.89. The third kappa shape index (κ3) is 3.94. The van der Waals surface area contributed by atoms with E-state index < -0.39 is 0 Å². The molecule has 2 N–H and O–H groups in total. The largest absolute Gasteiger partial charge is 0.497 e. The molecule has 1 amide bonds. The molecule has 2 aromatic rings. The summed E-state index contributed by atoms with van der Waals surface area (Å²) >= 11 is 0. The average Bonchev–Trinajstić information content (AvgIpc) is 3.02. The van der Waals surface area contributed by atoms with E-state index in [0.29, 0.717) is 5.92 Å². The van der Waals surface area contributed by atoms with Crippen LogP contribution in [0.5, 0.6) is 5.75 Å². The molecule has 1 fully saturated rings. The number of likely N-dealkylation sites (tertiary alicyclic amines) is 1. The fourth-order valence-electron chi connectivity index (χ4n) is 3.36. The number of methoxy groups -OCH3 is 1. The molecule has 6 heteroatoms. The van der Waals surface area contributed by atoms with Crippen molar-refractivity contribution in [2.45, 2.75) is 32.2 Å². The number of nitrogens with one attached hydrogen (secondary N) is 2. The van der Waals surface area contributed by atoms with E-state index in [9.17, 15) is 4.79 Å². The van der Waals surface area contributed by atoms with Crippen LogP contribution in [0.4, 0.5) is 5.69 Å². The predicted octanol–water partition coefficient (Wildman–Crippen LogP) is 2.76. The van der Waals surface area contributed by atoms with E-state index in [1.54, 1.807) is 13.3 Å². The highest BCUT2D eigenvalue weighted by atomic mass is 16.5. The molecule has 128 valence electrons. The van der Waals surface area contributed by atoms with Crippen LogP contribution in [0.15, 0.2) is 30.5 Å². The first-order chi connectivity index (χ1) is 11.7. The number of hydrogen-bond acceptors (Lipinski definition) is 4. The van der Waals surface area contributed by atoms with Crippen LogP contribution in [0, 0.1) is 0 Å². The summed E-state index contributed by atoms with van der Waals surface area (Å²) in [6.07, 6.45) is 3.92. The Morgan fingerprint density at radius 2 is 2.38 bits per heavy atom. The van der Waals surface area contributed by atoms with Gasteiger partial charge in [-0.15, -0.1) is 0 Å². The number of piperidine rings is 1. The molecule has 1 aromatic carbocycles. The maximum atomic E-state index is 11.3. The molecule has 1 aliphatic rings. The summed E-state index contributed by atoms with van der Waals surface area (Å²) in [5, 5.41) is 10.0. The molecule has 6 nitrogen and oxygen atoms in total. The van der Waals surface area contributed by atoms with Crippen LogP contribution in [-0.4, -0.2) is 41.2 Å². The quantitative estimate of drug-likeness (QED) is 0.885. The summed E-state index contributed by atoms with van der Waals surface area (Å²) in [4.78, 5) is 13.8. The zero-order valence-electron chi connectivity index (χ0n) is 14.2. The molecule has 1 aromatic heterocycles. The first-order valence-electron chi connectivity index (χ1n) is 8.32. The van der Waals surface area contributed by atoms with E-state index in [1.807, 2.05) is 12.1 Å². The van der Waals surface area contributed by atoms with E-state index >= 15 is 0 Å². The number of aromatic nitrogens is 2. The lowest BCUT2D eigenvalue weighted by Gasteiger charge is -2.32. The average molecular weight is 328 g/mol. The Bertz CT molecular complexity index is 698. The minimum atomic E-state index is -0.0679. The highest BCUT2D eigenvalue weighted by Gasteiger charge is 2.25. The Labute approximate surface area is 142 Å². The van der Waals surface area contributed by atoms with Gasteiger partial charge < -0.3 is 10.1 Å². The molecule has 2 heterocycles. The van der Waals surface area contributed by atoms with Crippen molar-refractivity contribution in [3.05, 3.63) is 41.7 Å². The summed E-state index contributed by atoms with van der Waals surface area (Å²) in [5.41, 5.74) is 3.08. The number of ether oxygens (including phenoxy) is 1. The highest BCUT2D eigenvalue weighted by Crippen LogP contribution is 2.31. The van der Waals surface area contributed by atoms with Crippen LogP contribution >= 0.6 is 0 Å². The van der Waals surface area contributed by atoms with Crippen LogP contribution in [0.1, 0.15) is 36.9 Å². The zero-order valence-corrected chi connectivity index (χ0v) is 14.2. The number of hydrogen-bond donors (Lipinski definition) is 2. The second-order valence-corrected chi connectivity index (χ2v) is 6.30. The number of anilines is 1. The van der Waals surface area contributed by atoms with Crippen LogP contribution in [0.25, 0.3) is 0 Å². The third-order valence-electron chi connectivity index (χ3n) is 4.43. The van der Waals surface area contributed by atoms with E-state index in [-0.39, 0.29) is 5.91 Å². The molecule has 1 saturated heterocycles. The fourth-order valence-corrected chi connectivity index (χ4v) is 3.36. The lowest BCUT2D eigenvalue weighted by Crippen LogP contribution is -2.34. The normalized spacial score (nSPS) is 18.3. The number of amides is 1. The lowest BCUT2D eigenvalue weighted by molar-refractivity contribution is -0.114. The Morgan fingerprint density at radius 1 is 1.50 bits per heavy atom. The van der Waals surface area contributed by atoms with Gasteiger partial charge in [0.1, 0.15) is 5.75 Å². The van der Waals surface area contributed by atoms with Gasteiger partial charge in [0.05, 0.1) is 24.7 Å². The minimum Gasteiger partial charge on any atom is -0.497 e. The molecule has 0 saturated carbocycles. The van der Waals surface area contributed by atoms with Crippen molar-refractivity contribution in [2.75, 3.05) is 25.5 Å². The summed E-state index contributed by atoms with van der Waals surface area (Å²) in [5.74, 6) is 1.18. The molecule has 0 aliphatic carbocycles. The maximum Gasteiger partial charge on any atom is 0.221 e. The van der Waals surface area contributed by atoms with Gasteiger partial charge in [0.2, 0.25) is 5.91 Å². The molecule has 0 radical (unpaired) electrons. The number of carbonyl (C=O) groups excluding carboxylic acids is 1. The van der Waals surface area contributed by atoms with E-state index in [2.05, 4.69) is 32.5 Å². The molecule has 0 bridgehead atoms. The van der Waals surface area contributed by atoms with Crippen molar-refractivity contribution in [2.24, 2.45) is 0 Å². The van der Waals surface area contributed by atoms with E-state index in [1.165, 1.54) is 12.5 Å². The minimum absolute atomic E-state index is 0.0679. The lowest BCUT2D eigenvalue weighted by atomic mass is 9.93. The van der Waals surface area contributed by atoms with Gasteiger partial charge in [-0.3, -0.25) is 14.8 Å². The Kier molecular flexibility index (Phi) is 5.15. The SMILES string of the molecule is COc1cccc(CN2CCC[C@@H](c3[nH]ncc3NC(C)=O)C2)c1. The van der Waals surface area contributed by atoms with Crippen LogP contribution < -0.4 is 10.1 Å². The molecule has 0 unspecified atom stereocenters. The van der Waals surface area contributed by atoms with Crippen molar-refractivity contribution in [3.8, 4) is 5.75 Å². The van der Waals surface area contributed by atoms with Crippen molar-refractivity contribution >= 4 is 11.6 Å². The van der Waals surface area contributed by atoms with E-state index in [0.717, 1.165) is 49.6 Å². The van der Waals surface area contributed by atoms with E-state index in [4.69, 9.17) is 4.74 Å². The molecular weight excluding hydrogens is 304 g/mol. The summed E-state index contributed by atoms with van der Waals surface area (Å²) < 4.78 is 5.30. The first kappa shape index (κ1) is 16.5. The van der Waals surface area contributed by atoms with Crippen LogP contribution in [-0.2, 0) is 11.3 Å². The number of H-pyrrole nitrogens is 1. The van der Waals surface area contributed by atoms with Gasteiger partial charge in [-0.05, 0) is 37.1 Å². The fraction of sp³-hybridized carbons (Fsp3) is 0.444. The molecule has 24 heavy (non-hydrogen) atoms. The Hall–Kier alpha value is -2.34.